The highest BCUT2D eigenvalue weighted by Gasteiger charge is 2.44. The number of carbonyl (C=O) groups is 1. The standard InChI is InChI=1S/C18H19F3N4O2S/c19-18(20,21)15-2-1-3-16(23-15)24-6-11-4-14(5-12(11)7-24)25(17(26)27)8-13-9-28-10-22-13/h1-3,9-12,14H,4-8H2,(H,26,27)/t11-,12+,14?. The Kier molecular flexibility index (Phi) is 4.90. The van der Waals surface area contributed by atoms with Gasteiger partial charge in [0.1, 0.15) is 11.5 Å². The number of alkyl halides is 3. The van der Waals surface area contributed by atoms with Crippen molar-refractivity contribution in [3.63, 3.8) is 0 Å². The van der Waals surface area contributed by atoms with Crippen LogP contribution in [-0.4, -0.2) is 45.2 Å². The Bertz CT molecular complexity index is 832. The summed E-state index contributed by atoms with van der Waals surface area (Å²) in [5.41, 5.74) is 1.53. The smallest absolute Gasteiger partial charge is 0.433 e. The number of amides is 1. The van der Waals surface area contributed by atoms with E-state index in [2.05, 4.69) is 9.97 Å². The molecule has 3 atom stereocenters. The summed E-state index contributed by atoms with van der Waals surface area (Å²) in [6, 6.07) is 3.85. The molecule has 0 spiro atoms. The van der Waals surface area contributed by atoms with Crippen molar-refractivity contribution in [1.82, 2.24) is 14.9 Å². The minimum absolute atomic E-state index is 0.0918. The summed E-state index contributed by atoms with van der Waals surface area (Å²) < 4.78 is 38.7. The molecule has 1 aliphatic heterocycles. The lowest BCUT2D eigenvalue weighted by molar-refractivity contribution is -0.141. The van der Waals surface area contributed by atoms with Crippen LogP contribution in [0.25, 0.3) is 0 Å². The second kappa shape index (κ2) is 7.23. The lowest BCUT2D eigenvalue weighted by atomic mass is 10.0. The van der Waals surface area contributed by atoms with Crippen LogP contribution >= 0.6 is 11.3 Å². The Morgan fingerprint density at radius 3 is 2.57 bits per heavy atom. The fourth-order valence-electron chi connectivity index (χ4n) is 4.31. The topological polar surface area (TPSA) is 69.6 Å². The first-order valence-electron chi connectivity index (χ1n) is 8.97. The van der Waals surface area contributed by atoms with Crippen molar-refractivity contribution in [2.75, 3.05) is 18.0 Å². The number of rotatable bonds is 4. The van der Waals surface area contributed by atoms with Crippen LogP contribution in [-0.2, 0) is 12.7 Å². The number of hydrogen-bond donors (Lipinski definition) is 1. The first-order chi connectivity index (χ1) is 13.3. The third-order valence-corrected chi connectivity index (χ3v) is 6.21. The Balaban J connectivity index is 1.42. The summed E-state index contributed by atoms with van der Waals surface area (Å²) in [7, 11) is 0. The second-order valence-electron chi connectivity index (χ2n) is 7.32. The van der Waals surface area contributed by atoms with E-state index < -0.39 is 18.0 Å². The Morgan fingerprint density at radius 1 is 1.29 bits per heavy atom. The molecule has 28 heavy (non-hydrogen) atoms. The molecule has 0 radical (unpaired) electrons. The molecule has 2 aliphatic rings. The average molecular weight is 412 g/mol. The fourth-order valence-corrected chi connectivity index (χ4v) is 4.86. The van der Waals surface area contributed by atoms with E-state index in [0.29, 0.717) is 31.7 Å². The first kappa shape index (κ1) is 19.0. The lowest BCUT2D eigenvalue weighted by Crippen LogP contribution is -2.38. The zero-order valence-electron chi connectivity index (χ0n) is 14.8. The summed E-state index contributed by atoms with van der Waals surface area (Å²) in [6.45, 7) is 1.46. The highest BCUT2D eigenvalue weighted by molar-refractivity contribution is 7.07. The molecule has 2 aromatic rings. The quantitative estimate of drug-likeness (QED) is 0.824. The minimum atomic E-state index is -4.46. The molecule has 1 N–H and O–H groups in total. The number of nitrogens with zero attached hydrogens (tertiary/aromatic N) is 4. The molecule has 1 unspecified atom stereocenters. The second-order valence-corrected chi connectivity index (χ2v) is 8.04. The maximum atomic E-state index is 12.9. The van der Waals surface area contributed by atoms with Crippen LogP contribution in [0.15, 0.2) is 29.1 Å². The molecule has 4 rings (SSSR count). The highest BCUT2D eigenvalue weighted by Crippen LogP contribution is 2.42. The van der Waals surface area contributed by atoms with Gasteiger partial charge in [-0.05, 0) is 36.8 Å². The zero-order chi connectivity index (χ0) is 19.9. The van der Waals surface area contributed by atoms with E-state index >= 15 is 0 Å². The molecule has 2 fully saturated rings. The van der Waals surface area contributed by atoms with Gasteiger partial charge in [-0.25, -0.2) is 14.8 Å². The zero-order valence-corrected chi connectivity index (χ0v) is 15.7. The van der Waals surface area contributed by atoms with Crippen LogP contribution in [0.4, 0.5) is 23.8 Å². The van der Waals surface area contributed by atoms with E-state index in [0.717, 1.165) is 11.8 Å². The van der Waals surface area contributed by atoms with E-state index in [9.17, 15) is 23.1 Å². The van der Waals surface area contributed by atoms with Gasteiger partial charge >= 0.3 is 12.3 Å². The van der Waals surface area contributed by atoms with Gasteiger partial charge < -0.3 is 10.0 Å². The summed E-state index contributed by atoms with van der Waals surface area (Å²) in [6.07, 6.45) is -4.02. The molecule has 1 saturated carbocycles. The monoisotopic (exact) mass is 412 g/mol. The van der Waals surface area contributed by atoms with Crippen LogP contribution < -0.4 is 4.90 Å². The van der Waals surface area contributed by atoms with Crippen LogP contribution in [0.3, 0.4) is 0 Å². The third-order valence-electron chi connectivity index (χ3n) is 5.58. The van der Waals surface area contributed by atoms with E-state index in [1.54, 1.807) is 11.6 Å². The van der Waals surface area contributed by atoms with Crippen LogP contribution in [0.2, 0.25) is 0 Å². The van der Waals surface area contributed by atoms with Gasteiger partial charge in [-0.1, -0.05) is 6.07 Å². The number of carboxylic acid groups (broad SMARTS) is 1. The third kappa shape index (κ3) is 3.78. The van der Waals surface area contributed by atoms with Crippen LogP contribution in [0.1, 0.15) is 24.2 Å². The van der Waals surface area contributed by atoms with Gasteiger partial charge in [0.2, 0.25) is 0 Å². The fraction of sp³-hybridized carbons (Fsp3) is 0.500. The van der Waals surface area contributed by atoms with Crippen molar-refractivity contribution < 1.29 is 23.1 Å². The molecule has 1 aliphatic carbocycles. The molecule has 3 heterocycles. The van der Waals surface area contributed by atoms with Crippen LogP contribution in [0.5, 0.6) is 0 Å². The van der Waals surface area contributed by atoms with Gasteiger partial charge in [0, 0.05) is 24.5 Å². The SMILES string of the molecule is O=C(O)N(Cc1cscn1)C1C[C@@H]2CN(c3cccc(C(F)(F)F)n3)C[C@@H]2C1. The number of anilines is 1. The van der Waals surface area contributed by atoms with Gasteiger partial charge in [0.25, 0.3) is 0 Å². The van der Waals surface area contributed by atoms with Gasteiger partial charge in [-0.15, -0.1) is 11.3 Å². The summed E-state index contributed by atoms with van der Waals surface area (Å²) >= 11 is 1.43. The van der Waals surface area contributed by atoms with Gasteiger partial charge in [-0.2, -0.15) is 13.2 Å². The molecule has 0 aromatic carbocycles. The predicted molar refractivity (Wildman–Crippen MR) is 97.1 cm³/mol. The number of hydrogen-bond acceptors (Lipinski definition) is 5. The number of thiazole rings is 1. The number of aromatic nitrogens is 2. The number of fused-ring (bicyclic) bond motifs is 1. The normalized spacial score (nSPS) is 24.4. The molecule has 10 heteroatoms. The molecular formula is C18H19F3N4O2S. The largest absolute Gasteiger partial charge is 0.465 e. The van der Waals surface area contributed by atoms with Crippen LogP contribution in [0, 0.1) is 11.8 Å². The Hall–Kier alpha value is -2.36. The van der Waals surface area contributed by atoms with E-state index in [1.807, 2.05) is 10.3 Å². The summed E-state index contributed by atoms with van der Waals surface area (Å²) in [5, 5.41) is 11.4. The molecule has 0 bridgehead atoms. The molecule has 2 aromatic heterocycles. The van der Waals surface area contributed by atoms with Crippen molar-refractivity contribution in [2.24, 2.45) is 11.8 Å². The van der Waals surface area contributed by atoms with Gasteiger partial charge in [-0.3, -0.25) is 4.90 Å². The van der Waals surface area contributed by atoms with E-state index in [1.165, 1.54) is 22.3 Å². The number of halogens is 3. The molecular weight excluding hydrogens is 393 g/mol. The first-order valence-corrected chi connectivity index (χ1v) is 9.91. The molecule has 1 saturated heterocycles. The van der Waals surface area contributed by atoms with Crippen molar-refractivity contribution in [1.29, 1.82) is 0 Å². The van der Waals surface area contributed by atoms with E-state index in [-0.39, 0.29) is 24.4 Å². The average Bonchev–Trinajstić information content (AvgIpc) is 3.35. The van der Waals surface area contributed by atoms with Gasteiger partial charge in [0.15, 0.2) is 0 Å². The molecule has 150 valence electrons. The predicted octanol–water partition coefficient (Wildman–Crippen LogP) is 3.95. The maximum Gasteiger partial charge on any atom is 0.433 e. The molecule has 1 amide bonds. The highest BCUT2D eigenvalue weighted by atomic mass is 32.1. The van der Waals surface area contributed by atoms with Crippen molar-refractivity contribution in [3.05, 3.63) is 40.5 Å². The molecule has 6 nitrogen and oxygen atoms in total. The minimum Gasteiger partial charge on any atom is -0.465 e. The van der Waals surface area contributed by atoms with Crippen molar-refractivity contribution in [2.45, 2.75) is 31.6 Å². The van der Waals surface area contributed by atoms with Crippen molar-refractivity contribution in [3.8, 4) is 0 Å². The summed E-state index contributed by atoms with van der Waals surface area (Å²) in [4.78, 5) is 23.0. The Morgan fingerprint density at radius 2 is 2.00 bits per heavy atom. The maximum absolute atomic E-state index is 12.9. The van der Waals surface area contributed by atoms with Gasteiger partial charge in [0.05, 0.1) is 17.7 Å². The lowest BCUT2D eigenvalue weighted by Gasteiger charge is -2.27. The number of pyridine rings is 1. The van der Waals surface area contributed by atoms with E-state index in [4.69, 9.17) is 0 Å². The van der Waals surface area contributed by atoms with Crippen molar-refractivity contribution >= 4 is 23.2 Å². The summed E-state index contributed by atoms with van der Waals surface area (Å²) in [5.74, 6) is 0.829. The Labute approximate surface area is 163 Å².